The second-order valence-corrected chi connectivity index (χ2v) is 20.3. The molecule has 4 aliphatic rings. The molecule has 0 N–H and O–H groups in total. The van der Waals surface area contributed by atoms with Crippen LogP contribution in [0.15, 0.2) is 16.1 Å². The summed E-state index contributed by atoms with van der Waals surface area (Å²) in [5.41, 5.74) is 5.29. The van der Waals surface area contributed by atoms with Gasteiger partial charge in [-0.1, -0.05) is 137 Å². The van der Waals surface area contributed by atoms with Crippen molar-refractivity contribution in [2.24, 2.45) is 46.3 Å². The van der Waals surface area contributed by atoms with E-state index in [0.29, 0.717) is 17.3 Å². The summed E-state index contributed by atoms with van der Waals surface area (Å²) in [6.07, 6.45) is 36.7. The second-order valence-electron chi connectivity index (χ2n) is 20.3. The van der Waals surface area contributed by atoms with E-state index in [-0.39, 0.29) is 12.1 Å². The number of esters is 1. The fourth-order valence-electron chi connectivity index (χ4n) is 12.7. The highest BCUT2D eigenvalue weighted by Gasteiger charge is 2.59. The predicted molar refractivity (Wildman–Crippen MR) is 229 cm³/mol. The van der Waals surface area contributed by atoms with Gasteiger partial charge < -0.3 is 9.15 Å². The van der Waals surface area contributed by atoms with Crippen LogP contribution in [0.4, 0.5) is 0 Å². The molecule has 8 atom stereocenters. The minimum atomic E-state index is 0.0569. The molecule has 8 unspecified atom stereocenters. The first-order valence-electron chi connectivity index (χ1n) is 23.9. The highest BCUT2D eigenvalue weighted by molar-refractivity contribution is 5.69. The number of unbranched alkanes of at least 4 members (excludes halogenated alkanes) is 11. The number of hydrogen-bond acceptors (Lipinski definition) is 3. The van der Waals surface area contributed by atoms with Crippen molar-refractivity contribution in [2.75, 3.05) is 0 Å². The SMILES string of the molecule is CCCc1oc(CCCCCCCCCCCCCCC(=O)OC2CCC3(C)C(=CCC4C3CCC3(C)C(C(C)CCCC(C)C)CCC43)C2)c(C)c1C. The maximum Gasteiger partial charge on any atom is 0.306 e. The molecule has 0 radical (unpaired) electrons. The summed E-state index contributed by atoms with van der Waals surface area (Å²) in [5.74, 6) is 7.74. The molecule has 4 aliphatic carbocycles. The molecule has 0 amide bonds. The summed E-state index contributed by atoms with van der Waals surface area (Å²) < 4.78 is 12.3. The van der Waals surface area contributed by atoms with E-state index in [4.69, 9.17) is 9.15 Å². The number of carbonyl (C=O) groups is 1. The fraction of sp³-hybridized carbons (Fsp3) is 0.863. The lowest BCUT2D eigenvalue weighted by atomic mass is 9.47. The van der Waals surface area contributed by atoms with Crippen LogP contribution in [0.3, 0.4) is 0 Å². The van der Waals surface area contributed by atoms with E-state index >= 15 is 0 Å². The van der Waals surface area contributed by atoms with Gasteiger partial charge in [0.05, 0.1) is 0 Å². The molecular weight excluding hydrogens is 661 g/mol. The maximum absolute atomic E-state index is 12.9. The molecule has 3 fully saturated rings. The van der Waals surface area contributed by atoms with Gasteiger partial charge in [0.25, 0.3) is 0 Å². The Morgan fingerprint density at radius 3 is 2.04 bits per heavy atom. The summed E-state index contributed by atoms with van der Waals surface area (Å²) in [6.45, 7) is 19.3. The van der Waals surface area contributed by atoms with Crippen LogP contribution in [0.5, 0.6) is 0 Å². The molecule has 3 heteroatoms. The van der Waals surface area contributed by atoms with Crippen molar-refractivity contribution in [3.8, 4) is 0 Å². The van der Waals surface area contributed by atoms with Crippen molar-refractivity contribution in [1.82, 2.24) is 0 Å². The maximum atomic E-state index is 12.9. The van der Waals surface area contributed by atoms with Gasteiger partial charge in [0.1, 0.15) is 17.6 Å². The second kappa shape index (κ2) is 20.8. The number of ether oxygens (including phenoxy) is 1. The number of furan rings is 1. The van der Waals surface area contributed by atoms with Crippen LogP contribution < -0.4 is 0 Å². The number of hydrogen-bond donors (Lipinski definition) is 0. The third kappa shape index (κ3) is 10.9. The van der Waals surface area contributed by atoms with Gasteiger partial charge in [-0.15, -0.1) is 0 Å². The Balaban J connectivity index is 0.900. The van der Waals surface area contributed by atoms with Crippen molar-refractivity contribution >= 4 is 5.97 Å². The summed E-state index contributed by atoms with van der Waals surface area (Å²) in [7, 11) is 0. The highest BCUT2D eigenvalue weighted by atomic mass is 16.5. The first kappa shape index (κ1) is 43.6. The van der Waals surface area contributed by atoms with Gasteiger partial charge in [-0.05, 0) is 136 Å². The Labute approximate surface area is 334 Å². The van der Waals surface area contributed by atoms with Crippen LogP contribution in [-0.2, 0) is 22.4 Å². The highest BCUT2D eigenvalue weighted by Crippen LogP contribution is 2.67. The monoisotopic (exact) mass is 747 g/mol. The van der Waals surface area contributed by atoms with Crippen molar-refractivity contribution in [3.63, 3.8) is 0 Å². The van der Waals surface area contributed by atoms with E-state index in [1.54, 1.807) is 5.57 Å². The Morgan fingerprint density at radius 2 is 1.39 bits per heavy atom. The third-order valence-electron chi connectivity index (χ3n) is 16.2. The molecule has 5 rings (SSSR count). The Morgan fingerprint density at radius 1 is 0.759 bits per heavy atom. The fourth-order valence-corrected chi connectivity index (χ4v) is 12.7. The van der Waals surface area contributed by atoms with Crippen molar-refractivity contribution in [1.29, 1.82) is 0 Å². The molecule has 3 saturated carbocycles. The van der Waals surface area contributed by atoms with E-state index in [1.807, 2.05) is 0 Å². The lowest BCUT2D eigenvalue weighted by Crippen LogP contribution is -2.51. The minimum Gasteiger partial charge on any atom is -0.466 e. The molecular formula is C51H86O3. The van der Waals surface area contributed by atoms with Crippen molar-refractivity contribution in [3.05, 3.63) is 34.3 Å². The van der Waals surface area contributed by atoms with Crippen LogP contribution in [0.1, 0.15) is 225 Å². The molecule has 0 aromatic carbocycles. The van der Waals surface area contributed by atoms with Crippen LogP contribution in [-0.4, -0.2) is 12.1 Å². The summed E-state index contributed by atoms with van der Waals surface area (Å²) in [4.78, 5) is 12.9. The topological polar surface area (TPSA) is 39.4 Å². The Bertz CT molecular complexity index is 1320. The van der Waals surface area contributed by atoms with Gasteiger partial charge in [-0.25, -0.2) is 0 Å². The van der Waals surface area contributed by atoms with Gasteiger partial charge in [0, 0.05) is 25.7 Å². The van der Waals surface area contributed by atoms with E-state index in [1.165, 1.54) is 151 Å². The molecule has 0 saturated heterocycles. The quantitative estimate of drug-likeness (QED) is 0.0636. The molecule has 0 bridgehead atoms. The number of rotatable bonds is 23. The number of allylic oxidation sites excluding steroid dienone is 1. The van der Waals surface area contributed by atoms with Gasteiger partial charge in [-0.2, -0.15) is 0 Å². The average Bonchev–Trinajstić information content (AvgIpc) is 3.63. The zero-order chi connectivity index (χ0) is 38.7. The van der Waals surface area contributed by atoms with Crippen molar-refractivity contribution in [2.45, 2.75) is 235 Å². The summed E-state index contributed by atoms with van der Waals surface area (Å²) in [5, 5.41) is 0. The normalized spacial score (nSPS) is 29.8. The zero-order valence-electron chi connectivity index (χ0n) is 36.9. The molecule has 308 valence electrons. The van der Waals surface area contributed by atoms with Gasteiger partial charge >= 0.3 is 5.97 Å². The predicted octanol–water partition coefficient (Wildman–Crippen LogP) is 15.4. The minimum absolute atomic E-state index is 0.0569. The standard InChI is InChI=1S/C51H86O3/c1-9-23-47-39(5)40(6)48(54-47)26-20-18-16-14-12-10-11-13-15-17-19-21-27-49(52)53-42-32-34-50(7)41(36-42)28-29-43-45-31-30-44(38(4)25-22-24-37(2)3)51(45,8)35-33-46(43)50/h28,37-38,42-46H,9-27,29-36H2,1-8H3. The Hall–Kier alpha value is -1.51. The molecule has 0 aliphatic heterocycles. The molecule has 1 aromatic rings. The number of fused-ring (bicyclic) bond motifs is 5. The molecule has 54 heavy (non-hydrogen) atoms. The van der Waals surface area contributed by atoms with E-state index < -0.39 is 0 Å². The van der Waals surface area contributed by atoms with Crippen LogP contribution in [0, 0.1) is 60.2 Å². The first-order chi connectivity index (χ1) is 26.0. The van der Waals surface area contributed by atoms with E-state index in [2.05, 4.69) is 61.5 Å². The average molecular weight is 747 g/mol. The van der Waals surface area contributed by atoms with E-state index in [0.717, 1.165) is 74.0 Å². The molecule has 1 heterocycles. The van der Waals surface area contributed by atoms with Crippen LogP contribution in [0.2, 0.25) is 0 Å². The van der Waals surface area contributed by atoms with Crippen LogP contribution >= 0.6 is 0 Å². The first-order valence-corrected chi connectivity index (χ1v) is 23.9. The Kier molecular flexibility index (Phi) is 16.8. The number of carbonyl (C=O) groups excluding carboxylic acids is 1. The van der Waals surface area contributed by atoms with Gasteiger partial charge in [0.15, 0.2) is 0 Å². The molecule has 3 nitrogen and oxygen atoms in total. The largest absolute Gasteiger partial charge is 0.466 e. The molecule has 0 spiro atoms. The zero-order valence-corrected chi connectivity index (χ0v) is 36.9. The van der Waals surface area contributed by atoms with E-state index in [9.17, 15) is 4.79 Å². The lowest BCUT2D eigenvalue weighted by molar-refractivity contribution is -0.151. The molecule has 1 aromatic heterocycles. The van der Waals surface area contributed by atoms with Crippen LogP contribution in [0.25, 0.3) is 0 Å². The van der Waals surface area contributed by atoms with Gasteiger partial charge in [0.2, 0.25) is 0 Å². The smallest absolute Gasteiger partial charge is 0.306 e. The summed E-state index contributed by atoms with van der Waals surface area (Å²) in [6, 6.07) is 0. The lowest BCUT2D eigenvalue weighted by Gasteiger charge is -2.58. The third-order valence-corrected chi connectivity index (χ3v) is 16.2. The number of aryl methyl sites for hydroxylation is 2. The summed E-state index contributed by atoms with van der Waals surface area (Å²) >= 11 is 0. The van der Waals surface area contributed by atoms with Crippen molar-refractivity contribution < 1.29 is 13.9 Å². The van der Waals surface area contributed by atoms with Gasteiger partial charge in [-0.3, -0.25) is 4.79 Å².